The van der Waals surface area contributed by atoms with E-state index in [-0.39, 0.29) is 12.5 Å². The van der Waals surface area contributed by atoms with Gasteiger partial charge in [-0.25, -0.2) is 0 Å². The molecule has 2 atom stereocenters. The van der Waals surface area contributed by atoms with Crippen molar-refractivity contribution in [1.29, 1.82) is 0 Å². The molecule has 0 saturated heterocycles. The van der Waals surface area contributed by atoms with E-state index in [1.165, 1.54) is 0 Å². The van der Waals surface area contributed by atoms with Gasteiger partial charge in [-0.1, -0.05) is 36.4 Å². The maximum atomic E-state index is 6.47. The van der Waals surface area contributed by atoms with Crippen LogP contribution in [0.2, 0.25) is 0 Å². The molecule has 0 bridgehead atoms. The van der Waals surface area contributed by atoms with Gasteiger partial charge in [0.2, 0.25) is 0 Å². The molecular weight excluding hydrogens is 356 g/mol. The van der Waals surface area contributed by atoms with Crippen LogP contribution in [0, 0.1) is 0 Å². The predicted octanol–water partition coefficient (Wildman–Crippen LogP) is 3.62. The van der Waals surface area contributed by atoms with Gasteiger partial charge in [0, 0.05) is 25.2 Å². The molecular formula is C18H16N2O3S2. The maximum Gasteiger partial charge on any atom is 0.266 e. The number of fused-ring (bicyclic) bond motifs is 2. The predicted molar refractivity (Wildman–Crippen MR) is 101 cm³/mol. The van der Waals surface area contributed by atoms with Crippen molar-refractivity contribution >= 4 is 34.8 Å². The van der Waals surface area contributed by atoms with E-state index in [1.54, 1.807) is 9.80 Å². The molecule has 0 aromatic heterocycles. The Morgan fingerprint density at radius 1 is 0.760 bits per heavy atom. The number of hydrogen-bond acceptors (Lipinski definition) is 5. The van der Waals surface area contributed by atoms with Gasteiger partial charge >= 0.3 is 0 Å². The van der Waals surface area contributed by atoms with Crippen LogP contribution in [0.15, 0.2) is 48.5 Å². The second-order valence-electron chi connectivity index (χ2n) is 5.87. The highest BCUT2D eigenvalue weighted by Crippen LogP contribution is 2.42. The lowest BCUT2D eigenvalue weighted by molar-refractivity contribution is -0.127. The van der Waals surface area contributed by atoms with E-state index in [0.717, 1.165) is 11.1 Å². The van der Waals surface area contributed by atoms with Gasteiger partial charge in [0.15, 0.2) is 12.5 Å². The molecule has 0 unspecified atom stereocenters. The average Bonchev–Trinajstić information content (AvgIpc) is 2.62. The quantitative estimate of drug-likeness (QED) is 0.745. The monoisotopic (exact) mass is 372 g/mol. The fraction of sp³-hybridized carbons (Fsp3) is 0.222. The molecule has 2 aliphatic rings. The SMILES string of the molecule is CN1C(=S)Oc2ccccc2[C@H]1O[C@@H]1c2ccccc2OC(=S)N1C. The lowest BCUT2D eigenvalue weighted by Crippen LogP contribution is -2.44. The number of thiocarbonyl (C=S) groups is 2. The summed E-state index contributed by atoms with van der Waals surface area (Å²) in [5, 5.41) is 0.739. The van der Waals surface area contributed by atoms with Gasteiger partial charge < -0.3 is 24.0 Å². The van der Waals surface area contributed by atoms with E-state index in [1.807, 2.05) is 62.6 Å². The molecule has 2 aromatic rings. The average molecular weight is 372 g/mol. The number of para-hydroxylation sites is 2. The molecule has 2 aliphatic heterocycles. The van der Waals surface area contributed by atoms with Crippen molar-refractivity contribution in [3.63, 3.8) is 0 Å². The fourth-order valence-corrected chi connectivity index (χ4v) is 3.32. The van der Waals surface area contributed by atoms with Gasteiger partial charge in [0.25, 0.3) is 10.3 Å². The van der Waals surface area contributed by atoms with Crippen molar-refractivity contribution in [2.75, 3.05) is 14.1 Å². The molecule has 0 saturated carbocycles. The second kappa shape index (κ2) is 6.25. The van der Waals surface area contributed by atoms with Crippen LogP contribution < -0.4 is 9.47 Å². The Hall–Kier alpha value is -2.22. The first-order chi connectivity index (χ1) is 12.1. The molecule has 0 aliphatic carbocycles. The van der Waals surface area contributed by atoms with Gasteiger partial charge in [-0.05, 0) is 36.6 Å². The Morgan fingerprint density at radius 3 is 1.60 bits per heavy atom. The van der Waals surface area contributed by atoms with Crippen LogP contribution in [0.1, 0.15) is 23.6 Å². The number of ether oxygens (including phenoxy) is 3. The molecule has 0 fully saturated rings. The summed E-state index contributed by atoms with van der Waals surface area (Å²) < 4.78 is 17.9. The zero-order valence-electron chi connectivity index (χ0n) is 13.7. The van der Waals surface area contributed by atoms with Gasteiger partial charge in [-0.2, -0.15) is 0 Å². The van der Waals surface area contributed by atoms with E-state index in [9.17, 15) is 0 Å². The van der Waals surface area contributed by atoms with Crippen molar-refractivity contribution in [1.82, 2.24) is 9.80 Å². The summed E-state index contributed by atoms with van der Waals surface area (Å²) >= 11 is 10.7. The molecule has 0 amide bonds. The number of hydrogen-bond donors (Lipinski definition) is 0. The minimum atomic E-state index is -0.390. The molecule has 0 spiro atoms. The molecule has 2 aromatic carbocycles. The normalized spacial score (nSPS) is 22.0. The largest absolute Gasteiger partial charge is 0.431 e. The van der Waals surface area contributed by atoms with Crippen LogP contribution in [0.4, 0.5) is 0 Å². The standard InChI is InChI=1S/C18H16N2O3S2/c1-19-15(11-7-3-5-9-13(11)21-17(19)24)23-16-12-8-4-6-10-14(12)22-18(25)20(16)2/h3-10,15-16H,1-2H3/t15-,16-/m1/s1. The summed E-state index contributed by atoms with van der Waals surface area (Å²) in [5.74, 6) is 1.42. The molecule has 2 heterocycles. The topological polar surface area (TPSA) is 34.2 Å². The zero-order valence-corrected chi connectivity index (χ0v) is 15.3. The second-order valence-corrected chi connectivity index (χ2v) is 6.57. The Kier molecular flexibility index (Phi) is 4.07. The highest BCUT2D eigenvalue weighted by atomic mass is 32.1. The summed E-state index contributed by atoms with van der Waals surface area (Å²) in [6.07, 6.45) is -0.780. The number of nitrogens with zero attached hydrogens (tertiary/aromatic N) is 2. The Balaban J connectivity index is 1.74. The van der Waals surface area contributed by atoms with Gasteiger partial charge in [0.05, 0.1) is 0 Å². The molecule has 4 rings (SSSR count). The van der Waals surface area contributed by atoms with E-state index in [0.29, 0.717) is 21.8 Å². The Labute approximate surface area is 156 Å². The van der Waals surface area contributed by atoms with Crippen LogP contribution in [-0.2, 0) is 4.74 Å². The zero-order chi connectivity index (χ0) is 17.6. The van der Waals surface area contributed by atoms with Crippen LogP contribution in [0.5, 0.6) is 11.5 Å². The van der Waals surface area contributed by atoms with Crippen molar-refractivity contribution in [3.05, 3.63) is 59.7 Å². The molecule has 5 nitrogen and oxygen atoms in total. The van der Waals surface area contributed by atoms with Crippen LogP contribution >= 0.6 is 24.4 Å². The maximum absolute atomic E-state index is 6.47. The third kappa shape index (κ3) is 2.74. The van der Waals surface area contributed by atoms with Crippen molar-refractivity contribution in [2.45, 2.75) is 12.5 Å². The fourth-order valence-electron chi connectivity index (χ4n) is 2.95. The number of rotatable bonds is 2. The third-order valence-corrected chi connectivity index (χ3v) is 5.04. The lowest BCUT2D eigenvalue weighted by atomic mass is 10.1. The summed E-state index contributed by atoms with van der Waals surface area (Å²) in [7, 11) is 3.71. The first-order valence-electron chi connectivity index (χ1n) is 7.79. The van der Waals surface area contributed by atoms with Gasteiger partial charge in [0.1, 0.15) is 11.5 Å². The summed E-state index contributed by atoms with van der Waals surface area (Å²) in [6, 6.07) is 15.4. The van der Waals surface area contributed by atoms with Crippen LogP contribution in [0.3, 0.4) is 0 Å². The highest BCUT2D eigenvalue weighted by molar-refractivity contribution is 7.80. The molecule has 128 valence electrons. The van der Waals surface area contributed by atoms with E-state index < -0.39 is 0 Å². The lowest BCUT2D eigenvalue weighted by Gasteiger charge is -2.41. The molecule has 0 N–H and O–H groups in total. The van der Waals surface area contributed by atoms with Crippen LogP contribution in [-0.4, -0.2) is 34.2 Å². The smallest absolute Gasteiger partial charge is 0.266 e. The van der Waals surface area contributed by atoms with E-state index >= 15 is 0 Å². The van der Waals surface area contributed by atoms with E-state index in [2.05, 4.69) is 0 Å². The minimum absolute atomic E-state index is 0.370. The third-order valence-electron chi connectivity index (χ3n) is 4.30. The Bertz CT molecular complexity index is 788. The minimum Gasteiger partial charge on any atom is -0.431 e. The summed E-state index contributed by atoms with van der Waals surface area (Å²) in [6.45, 7) is 0. The van der Waals surface area contributed by atoms with Crippen molar-refractivity contribution in [2.24, 2.45) is 0 Å². The number of benzene rings is 2. The highest BCUT2D eigenvalue weighted by Gasteiger charge is 2.37. The first-order valence-corrected chi connectivity index (χ1v) is 8.60. The molecule has 7 heteroatoms. The van der Waals surface area contributed by atoms with Gasteiger partial charge in [-0.3, -0.25) is 0 Å². The van der Waals surface area contributed by atoms with Crippen LogP contribution in [0.25, 0.3) is 0 Å². The van der Waals surface area contributed by atoms with Gasteiger partial charge in [-0.15, -0.1) is 0 Å². The summed E-state index contributed by atoms with van der Waals surface area (Å²) in [4.78, 5) is 3.60. The van der Waals surface area contributed by atoms with E-state index in [4.69, 9.17) is 38.6 Å². The molecule has 0 radical (unpaired) electrons. The van der Waals surface area contributed by atoms with Crippen molar-refractivity contribution < 1.29 is 14.2 Å². The molecule has 25 heavy (non-hydrogen) atoms. The Morgan fingerprint density at radius 2 is 1.16 bits per heavy atom. The first kappa shape index (κ1) is 16.3. The summed E-state index contributed by atoms with van der Waals surface area (Å²) in [5.41, 5.74) is 1.84. The van der Waals surface area contributed by atoms with Crippen molar-refractivity contribution in [3.8, 4) is 11.5 Å².